The molecule has 7 nitrogen and oxygen atoms in total. The van der Waals surface area contributed by atoms with Crippen molar-refractivity contribution in [2.45, 2.75) is 24.2 Å². The molecule has 2 N–H and O–H groups in total. The Hall–Kier alpha value is -1.38. The summed E-state index contributed by atoms with van der Waals surface area (Å²) in [6, 6.07) is 0. The normalized spacial score (nSPS) is 16.6. The number of hydrogen-bond acceptors (Lipinski definition) is 6. The van der Waals surface area contributed by atoms with Crippen LogP contribution in [0.5, 0.6) is 0 Å². The zero-order valence-electron chi connectivity index (χ0n) is 12.4. The number of fused-ring (bicyclic) bond motifs is 1. The van der Waals surface area contributed by atoms with Gasteiger partial charge in [0, 0.05) is 31.6 Å². The van der Waals surface area contributed by atoms with Gasteiger partial charge in [-0.2, -0.15) is 0 Å². The highest BCUT2D eigenvalue weighted by Gasteiger charge is 2.24. The molecule has 0 saturated carbocycles. The summed E-state index contributed by atoms with van der Waals surface area (Å²) < 4.78 is 1.51. The van der Waals surface area contributed by atoms with Gasteiger partial charge in [-0.3, -0.25) is 14.2 Å². The third kappa shape index (κ3) is 3.84. The minimum atomic E-state index is -1.06. The number of hydrogen-bond donors (Lipinski definition) is 2. The van der Waals surface area contributed by atoms with Crippen LogP contribution in [0.2, 0.25) is 0 Å². The fourth-order valence-electron chi connectivity index (χ4n) is 2.28. The molecule has 21 heavy (non-hydrogen) atoms. The summed E-state index contributed by atoms with van der Waals surface area (Å²) in [5, 5.41) is 13.4. The van der Waals surface area contributed by atoms with Crippen LogP contribution in [0.3, 0.4) is 0 Å². The van der Waals surface area contributed by atoms with Gasteiger partial charge in [0.2, 0.25) is 0 Å². The zero-order chi connectivity index (χ0) is 15.6. The summed E-state index contributed by atoms with van der Waals surface area (Å²) in [7, 11) is 3.68. The zero-order valence-corrected chi connectivity index (χ0v) is 13.2. The van der Waals surface area contributed by atoms with Gasteiger partial charge < -0.3 is 15.3 Å². The highest BCUT2D eigenvalue weighted by Crippen LogP contribution is 2.20. The monoisotopic (exact) mass is 312 g/mol. The molecule has 2 heterocycles. The number of nitrogens with one attached hydrogen (secondary N) is 1. The molecule has 1 aliphatic rings. The summed E-state index contributed by atoms with van der Waals surface area (Å²) >= 11 is 1.50. The Labute approximate surface area is 127 Å². The van der Waals surface area contributed by atoms with Gasteiger partial charge in [0.25, 0.3) is 11.5 Å². The van der Waals surface area contributed by atoms with Crippen molar-refractivity contribution in [3.63, 3.8) is 0 Å². The third-order valence-electron chi connectivity index (χ3n) is 3.09. The summed E-state index contributed by atoms with van der Waals surface area (Å²) in [5.41, 5.74) is -1.37. The lowest BCUT2D eigenvalue weighted by Gasteiger charge is -2.27. The van der Waals surface area contributed by atoms with Gasteiger partial charge in [0.15, 0.2) is 5.16 Å². The first kappa shape index (κ1) is 16.0. The number of carbonyl (C=O) groups excluding carboxylic acids is 1. The molecular formula is C13H20N4O3S. The molecule has 1 aliphatic heterocycles. The lowest BCUT2D eigenvalue weighted by atomic mass is 10.1. The molecule has 1 aromatic heterocycles. The van der Waals surface area contributed by atoms with Crippen molar-refractivity contribution in [1.82, 2.24) is 19.8 Å². The van der Waals surface area contributed by atoms with Crippen LogP contribution in [-0.2, 0) is 6.54 Å². The first-order valence-corrected chi connectivity index (χ1v) is 7.67. The molecule has 2 rings (SSSR count). The van der Waals surface area contributed by atoms with Crippen molar-refractivity contribution >= 4 is 17.7 Å². The van der Waals surface area contributed by atoms with Crippen LogP contribution in [0.1, 0.15) is 17.3 Å². The number of aliphatic hydroxyl groups is 1. The minimum absolute atomic E-state index is 0.0157. The van der Waals surface area contributed by atoms with Crippen molar-refractivity contribution in [3.8, 4) is 0 Å². The smallest absolute Gasteiger partial charge is 0.267 e. The van der Waals surface area contributed by atoms with E-state index in [9.17, 15) is 14.7 Å². The van der Waals surface area contributed by atoms with Gasteiger partial charge in [-0.1, -0.05) is 11.8 Å². The fraction of sp³-hybridized carbons (Fsp3) is 0.615. The van der Waals surface area contributed by atoms with Crippen LogP contribution < -0.4 is 10.9 Å². The van der Waals surface area contributed by atoms with Crippen molar-refractivity contribution < 1.29 is 9.90 Å². The molecule has 0 saturated heterocycles. The second-order valence-corrected chi connectivity index (χ2v) is 6.74. The van der Waals surface area contributed by atoms with Gasteiger partial charge in [0.1, 0.15) is 5.56 Å². The Kier molecular flexibility index (Phi) is 4.70. The maximum atomic E-state index is 12.2. The minimum Gasteiger partial charge on any atom is -0.387 e. The molecule has 0 fully saturated rings. The van der Waals surface area contributed by atoms with Gasteiger partial charge in [-0.15, -0.1) is 0 Å². The van der Waals surface area contributed by atoms with E-state index in [2.05, 4.69) is 10.3 Å². The van der Waals surface area contributed by atoms with E-state index in [0.717, 1.165) is 5.75 Å². The van der Waals surface area contributed by atoms with Crippen molar-refractivity contribution in [3.05, 3.63) is 22.1 Å². The van der Waals surface area contributed by atoms with Gasteiger partial charge in [-0.25, -0.2) is 4.98 Å². The largest absolute Gasteiger partial charge is 0.387 e. The predicted octanol–water partition coefficient (Wildman–Crippen LogP) is -0.609. The van der Waals surface area contributed by atoms with Gasteiger partial charge in [-0.05, 0) is 21.0 Å². The standard InChI is InChI=1S/C13H20N4O3S/c1-13(20,8-16(2)3)7-15-10(18)9-6-14-12-17(11(9)19)4-5-21-12/h6,20H,4-5,7-8H2,1-3H3,(H,15,18). The van der Waals surface area contributed by atoms with Crippen molar-refractivity contribution in [1.29, 1.82) is 0 Å². The Morgan fingerprint density at radius 2 is 2.33 bits per heavy atom. The first-order valence-electron chi connectivity index (χ1n) is 6.68. The van der Waals surface area contributed by atoms with E-state index in [-0.39, 0.29) is 17.7 Å². The Bertz CT molecular complexity index is 598. The first-order chi connectivity index (χ1) is 9.80. The third-order valence-corrected chi connectivity index (χ3v) is 4.06. The summed E-state index contributed by atoms with van der Waals surface area (Å²) in [5.74, 6) is 0.295. The molecule has 0 aromatic carbocycles. The number of aromatic nitrogens is 2. The molecule has 1 amide bonds. The Morgan fingerprint density at radius 1 is 1.62 bits per heavy atom. The predicted molar refractivity (Wildman–Crippen MR) is 80.7 cm³/mol. The van der Waals surface area contributed by atoms with Crippen LogP contribution in [0.15, 0.2) is 16.1 Å². The van der Waals surface area contributed by atoms with Crippen LogP contribution in [0.25, 0.3) is 0 Å². The van der Waals surface area contributed by atoms with E-state index in [0.29, 0.717) is 18.2 Å². The Balaban J connectivity index is 2.07. The maximum absolute atomic E-state index is 12.2. The molecule has 0 spiro atoms. The summed E-state index contributed by atoms with van der Waals surface area (Å²) in [6.45, 7) is 2.69. The topological polar surface area (TPSA) is 87.5 Å². The molecule has 0 radical (unpaired) electrons. The van der Waals surface area contributed by atoms with E-state index >= 15 is 0 Å². The number of carbonyl (C=O) groups is 1. The summed E-state index contributed by atoms with van der Waals surface area (Å²) in [4.78, 5) is 30.2. The number of likely N-dealkylation sites (N-methyl/N-ethyl adjacent to an activating group) is 1. The van der Waals surface area contributed by atoms with Crippen LogP contribution in [-0.4, -0.2) is 64.0 Å². The van der Waals surface area contributed by atoms with E-state index in [1.54, 1.807) is 6.92 Å². The van der Waals surface area contributed by atoms with Crippen molar-refractivity contribution in [2.75, 3.05) is 32.9 Å². The quantitative estimate of drug-likeness (QED) is 0.706. The molecular weight excluding hydrogens is 292 g/mol. The average molecular weight is 312 g/mol. The molecule has 0 bridgehead atoms. The highest BCUT2D eigenvalue weighted by atomic mass is 32.2. The van der Waals surface area contributed by atoms with Crippen LogP contribution in [0.4, 0.5) is 0 Å². The molecule has 0 aliphatic carbocycles. The number of thioether (sulfide) groups is 1. The average Bonchev–Trinajstić information content (AvgIpc) is 2.84. The number of nitrogens with zero attached hydrogens (tertiary/aromatic N) is 3. The van der Waals surface area contributed by atoms with E-state index in [1.165, 1.54) is 22.5 Å². The number of rotatable bonds is 5. The lowest BCUT2D eigenvalue weighted by molar-refractivity contribution is 0.0325. The molecule has 1 atom stereocenters. The SMILES string of the molecule is CN(C)CC(C)(O)CNC(=O)c1cnc2n(c1=O)CCS2. The fourth-order valence-corrected chi connectivity index (χ4v) is 3.19. The van der Waals surface area contributed by atoms with Gasteiger partial charge in [0.05, 0.1) is 5.60 Å². The lowest BCUT2D eigenvalue weighted by Crippen LogP contribution is -2.48. The second kappa shape index (κ2) is 6.17. The molecule has 116 valence electrons. The van der Waals surface area contributed by atoms with Crippen LogP contribution in [0, 0.1) is 0 Å². The van der Waals surface area contributed by atoms with E-state index in [1.807, 2.05) is 19.0 Å². The highest BCUT2D eigenvalue weighted by molar-refractivity contribution is 7.99. The molecule has 1 unspecified atom stereocenters. The summed E-state index contributed by atoms with van der Waals surface area (Å²) in [6.07, 6.45) is 1.31. The van der Waals surface area contributed by atoms with E-state index < -0.39 is 11.5 Å². The maximum Gasteiger partial charge on any atom is 0.267 e. The van der Waals surface area contributed by atoms with Crippen molar-refractivity contribution in [2.24, 2.45) is 0 Å². The van der Waals surface area contributed by atoms with E-state index in [4.69, 9.17) is 0 Å². The number of amides is 1. The Morgan fingerprint density at radius 3 is 3.00 bits per heavy atom. The molecule has 1 aromatic rings. The van der Waals surface area contributed by atoms with Crippen LogP contribution >= 0.6 is 11.8 Å². The molecule has 8 heteroatoms. The van der Waals surface area contributed by atoms with Gasteiger partial charge >= 0.3 is 0 Å². The second-order valence-electron chi connectivity index (χ2n) is 5.68.